The summed E-state index contributed by atoms with van der Waals surface area (Å²) in [5.74, 6) is -1.69. The summed E-state index contributed by atoms with van der Waals surface area (Å²) in [6, 6.07) is 5.84. The number of unbranched alkanes of at least 4 members (excludes halogenated alkanes) is 10. The van der Waals surface area contributed by atoms with Gasteiger partial charge in [0, 0.05) is 81.0 Å². The Labute approximate surface area is 456 Å². The molecule has 2 bridgehead atoms. The van der Waals surface area contributed by atoms with E-state index in [1.807, 2.05) is 0 Å². The van der Waals surface area contributed by atoms with Gasteiger partial charge in [0.2, 0.25) is 0 Å². The number of aromatic nitrogens is 3. The summed E-state index contributed by atoms with van der Waals surface area (Å²) in [7, 11) is 0. The minimum atomic E-state index is -1.06. The largest absolute Gasteiger partial charge is 0.462 e. The van der Waals surface area contributed by atoms with E-state index in [2.05, 4.69) is 44.9 Å². The van der Waals surface area contributed by atoms with Gasteiger partial charge in [0.25, 0.3) is 0 Å². The molecule has 0 amide bonds. The van der Waals surface area contributed by atoms with Gasteiger partial charge in [0.1, 0.15) is 54.6 Å². The number of halogens is 3. The molecule has 18 heteroatoms. The molecule has 1 N–H and O–H groups in total. The van der Waals surface area contributed by atoms with E-state index in [0.717, 1.165) is 96.4 Å². The molecule has 4 saturated heterocycles. The predicted molar refractivity (Wildman–Crippen MR) is 291 cm³/mol. The highest BCUT2D eigenvalue weighted by Crippen LogP contribution is 2.42. The molecule has 4 unspecified atom stereocenters. The normalized spacial score (nSPS) is 20.2. The van der Waals surface area contributed by atoms with Crippen LogP contribution in [0.15, 0.2) is 30.5 Å². The van der Waals surface area contributed by atoms with Crippen LogP contribution in [0.3, 0.4) is 0 Å². The van der Waals surface area contributed by atoms with Crippen molar-refractivity contribution in [2.45, 2.75) is 186 Å². The van der Waals surface area contributed by atoms with E-state index in [1.54, 1.807) is 6.92 Å². The molecule has 0 radical (unpaired) electrons. The zero-order valence-corrected chi connectivity index (χ0v) is 45.7. The van der Waals surface area contributed by atoms with Crippen LogP contribution < -0.4 is 19.7 Å². The van der Waals surface area contributed by atoms with E-state index < -0.39 is 59.2 Å². The third-order valence-electron chi connectivity index (χ3n) is 15.7. The molecular formula is C60H77F3N6O9. The van der Waals surface area contributed by atoms with Gasteiger partial charge in [0.05, 0.1) is 16.5 Å². The fourth-order valence-electron chi connectivity index (χ4n) is 11.7. The molecule has 0 aliphatic carbocycles. The minimum absolute atomic E-state index is 0.0226. The second-order valence-electron chi connectivity index (χ2n) is 22.1. The minimum Gasteiger partial charge on any atom is -0.462 e. The molecule has 4 aliphatic heterocycles. The highest BCUT2D eigenvalue weighted by molar-refractivity contribution is 6.03. The summed E-state index contributed by atoms with van der Waals surface area (Å²) in [5, 5.41) is 4.44. The maximum Gasteiger partial charge on any atom is 0.319 e. The summed E-state index contributed by atoms with van der Waals surface area (Å²) >= 11 is 0. The third-order valence-corrected chi connectivity index (χ3v) is 15.7. The highest BCUT2D eigenvalue weighted by Gasteiger charge is 2.49. The first-order valence-corrected chi connectivity index (χ1v) is 28.6. The number of ether oxygens (including phenoxy) is 5. The summed E-state index contributed by atoms with van der Waals surface area (Å²) < 4.78 is 76.8. The molecule has 4 aromatic rings. The average Bonchev–Trinajstić information content (AvgIpc) is 4.10. The Morgan fingerprint density at radius 2 is 1.50 bits per heavy atom. The SMILES string of the molecule is C#Cc1c(F)ccc2cc(OC(=O)CC(C)CC(=O)OC(COC(=O)CCCCCCCC)COC(=O)CCCCCCCC)cc(-c3ncc4c(N5CC6CCC(C5)N6)nc(OC[C@@]56CCCN5CC(F)C6)nc4c3F)c12. The molecule has 8 rings (SSSR count). The molecule has 422 valence electrons. The van der Waals surface area contributed by atoms with Crippen LogP contribution in [0, 0.1) is 29.9 Å². The van der Waals surface area contributed by atoms with Crippen molar-refractivity contribution in [2.24, 2.45) is 5.92 Å². The molecule has 6 heterocycles. The lowest BCUT2D eigenvalue weighted by Gasteiger charge is -2.34. The number of nitrogens with one attached hydrogen (secondary N) is 1. The number of esters is 4. The standard InChI is InChI=1S/C60H77F3N6O9/c1-5-8-10-12-14-16-19-50(70)74-36-45(37-75-51(71)20-17-15-13-11-9-6-2)78-53(73)28-39(4)27-52(72)77-44-29-40-21-24-49(62)46(7-3)54(40)47(30-44)56-55(63)57-48(32-64-56)58(68-34-42-22-23-43(35-68)65-42)67-59(66-57)76-38-60-25-18-26-69(60)33-41(61)31-60/h3,21,24,29-30,32,39,41-43,45,65H,5-6,8-20,22-23,25-28,31,33-38H2,1-2,4H3/t39?,41?,42?,43?,60-/m0/s1. The van der Waals surface area contributed by atoms with Crippen molar-refractivity contribution in [2.75, 3.05) is 50.9 Å². The van der Waals surface area contributed by atoms with E-state index in [-0.39, 0.29) is 97.1 Å². The number of pyridine rings is 1. The predicted octanol–water partition coefficient (Wildman–Crippen LogP) is 10.8. The van der Waals surface area contributed by atoms with E-state index in [4.69, 9.17) is 35.1 Å². The van der Waals surface area contributed by atoms with Crippen LogP contribution in [0.2, 0.25) is 0 Å². The van der Waals surface area contributed by atoms with Gasteiger partial charge in [-0.1, -0.05) is 97.0 Å². The van der Waals surface area contributed by atoms with Crippen LogP contribution in [-0.4, -0.2) is 120 Å². The van der Waals surface area contributed by atoms with Crippen LogP contribution in [0.1, 0.15) is 161 Å². The lowest BCUT2D eigenvalue weighted by Crippen LogP contribution is -2.51. The van der Waals surface area contributed by atoms with Gasteiger partial charge in [-0.3, -0.25) is 29.1 Å². The molecule has 78 heavy (non-hydrogen) atoms. The number of rotatable bonds is 29. The Morgan fingerprint density at radius 1 is 0.846 bits per heavy atom. The van der Waals surface area contributed by atoms with Gasteiger partial charge in [-0.25, -0.2) is 13.2 Å². The number of carbonyl (C=O) groups is 4. The molecule has 4 fully saturated rings. The topological polar surface area (TPSA) is 172 Å². The van der Waals surface area contributed by atoms with Crippen molar-refractivity contribution >= 4 is 51.4 Å². The summed E-state index contributed by atoms with van der Waals surface area (Å²) in [6.45, 7) is 7.79. The number of hydrogen-bond acceptors (Lipinski definition) is 15. The quantitative estimate of drug-likeness (QED) is 0.0179. The maximum atomic E-state index is 17.6. The number of alkyl halides is 1. The van der Waals surface area contributed by atoms with Gasteiger partial charge < -0.3 is 33.9 Å². The number of benzene rings is 2. The molecular weight excluding hydrogens is 1010 g/mol. The van der Waals surface area contributed by atoms with Crippen LogP contribution in [0.4, 0.5) is 19.0 Å². The maximum absolute atomic E-state index is 17.6. The number of anilines is 1. The van der Waals surface area contributed by atoms with E-state index in [0.29, 0.717) is 55.5 Å². The molecule has 0 saturated carbocycles. The van der Waals surface area contributed by atoms with Crippen molar-refractivity contribution in [1.82, 2.24) is 25.2 Å². The third kappa shape index (κ3) is 15.0. The molecule has 2 aromatic carbocycles. The first kappa shape index (κ1) is 58.1. The van der Waals surface area contributed by atoms with Crippen molar-refractivity contribution in [3.63, 3.8) is 0 Å². The lowest BCUT2D eigenvalue weighted by atomic mass is 9.95. The second-order valence-corrected chi connectivity index (χ2v) is 22.1. The van der Waals surface area contributed by atoms with Gasteiger partial charge in [-0.2, -0.15) is 9.97 Å². The number of carbonyl (C=O) groups excluding carboxylic acids is 4. The molecule has 15 nitrogen and oxygen atoms in total. The molecule has 0 spiro atoms. The number of hydrogen-bond donors (Lipinski definition) is 1. The van der Waals surface area contributed by atoms with Crippen LogP contribution >= 0.6 is 0 Å². The van der Waals surface area contributed by atoms with Crippen LogP contribution in [-0.2, 0) is 33.4 Å². The fourth-order valence-corrected chi connectivity index (χ4v) is 11.7. The van der Waals surface area contributed by atoms with E-state index >= 15 is 8.78 Å². The van der Waals surface area contributed by atoms with E-state index in [9.17, 15) is 23.6 Å². The first-order chi connectivity index (χ1) is 37.8. The second kappa shape index (κ2) is 27.7. The Kier molecular flexibility index (Phi) is 20.6. The Morgan fingerprint density at radius 3 is 2.17 bits per heavy atom. The van der Waals surface area contributed by atoms with Gasteiger partial charge in [-0.15, -0.1) is 6.42 Å². The Balaban J connectivity index is 0.979. The average molecular weight is 1080 g/mol. The monoisotopic (exact) mass is 1080 g/mol. The number of fused-ring (bicyclic) bond motifs is 5. The number of nitrogens with zero attached hydrogens (tertiary/aromatic N) is 5. The van der Waals surface area contributed by atoms with Crippen molar-refractivity contribution in [3.8, 4) is 35.4 Å². The Hall–Kier alpha value is -6.06. The lowest BCUT2D eigenvalue weighted by molar-refractivity contribution is -0.167. The van der Waals surface area contributed by atoms with Gasteiger partial charge in [0.15, 0.2) is 11.9 Å². The van der Waals surface area contributed by atoms with Crippen molar-refractivity contribution in [3.05, 3.63) is 47.7 Å². The zero-order valence-electron chi connectivity index (χ0n) is 45.7. The number of piperazine rings is 1. The Bertz CT molecular complexity index is 2750. The van der Waals surface area contributed by atoms with Gasteiger partial charge in [-0.05, 0) is 74.6 Å². The summed E-state index contributed by atoms with van der Waals surface area (Å²) in [6.07, 6.45) is 21.2. The smallest absolute Gasteiger partial charge is 0.319 e. The molecule has 4 aliphatic rings. The van der Waals surface area contributed by atoms with E-state index in [1.165, 1.54) is 30.5 Å². The van der Waals surface area contributed by atoms with Crippen LogP contribution in [0.5, 0.6) is 11.8 Å². The molecule has 2 aromatic heterocycles. The number of terminal acetylenes is 1. The first-order valence-electron chi connectivity index (χ1n) is 28.6. The fraction of sp³-hybridized carbons (Fsp3) is 0.617. The summed E-state index contributed by atoms with van der Waals surface area (Å²) in [5.41, 5.74) is -0.977. The summed E-state index contributed by atoms with van der Waals surface area (Å²) in [4.78, 5) is 70.7. The van der Waals surface area contributed by atoms with Crippen molar-refractivity contribution in [1.29, 1.82) is 0 Å². The van der Waals surface area contributed by atoms with Gasteiger partial charge >= 0.3 is 29.9 Å². The molecule has 5 atom stereocenters. The zero-order chi connectivity index (χ0) is 55.2. The van der Waals surface area contributed by atoms with Crippen LogP contribution in [0.25, 0.3) is 32.9 Å². The highest BCUT2D eigenvalue weighted by atomic mass is 19.1. The van der Waals surface area contributed by atoms with Crippen molar-refractivity contribution < 1.29 is 56.0 Å².